The van der Waals surface area contributed by atoms with E-state index in [-0.39, 0.29) is 23.8 Å². The van der Waals surface area contributed by atoms with Gasteiger partial charge in [-0.25, -0.2) is 0 Å². The van der Waals surface area contributed by atoms with Crippen LogP contribution in [0.25, 0.3) is 0 Å². The molecule has 5 nitrogen and oxygen atoms in total. The quantitative estimate of drug-likeness (QED) is 0.916. The third-order valence-electron chi connectivity index (χ3n) is 5.40. The summed E-state index contributed by atoms with van der Waals surface area (Å²) in [7, 11) is 0. The summed E-state index contributed by atoms with van der Waals surface area (Å²) in [6.07, 6.45) is 0.909. The van der Waals surface area contributed by atoms with E-state index in [0.29, 0.717) is 11.6 Å². The molecule has 2 aliphatic rings. The highest BCUT2D eigenvalue weighted by Crippen LogP contribution is 2.48. The van der Waals surface area contributed by atoms with Gasteiger partial charge in [0, 0.05) is 43.2 Å². The first-order chi connectivity index (χ1) is 11.4. The molecule has 1 aromatic rings. The molecule has 1 aliphatic heterocycles. The van der Waals surface area contributed by atoms with Crippen LogP contribution in [0.5, 0.6) is 0 Å². The summed E-state index contributed by atoms with van der Waals surface area (Å²) >= 11 is 0. The Morgan fingerprint density at radius 2 is 1.83 bits per heavy atom. The fraction of sp³-hybridized carbons (Fsp3) is 0.579. The molecule has 1 saturated carbocycles. The summed E-state index contributed by atoms with van der Waals surface area (Å²) in [4.78, 5) is 28.5. The Labute approximate surface area is 143 Å². The number of hydrogen-bond donors (Lipinski definition) is 1. The van der Waals surface area contributed by atoms with Crippen molar-refractivity contribution in [2.45, 2.75) is 45.2 Å². The summed E-state index contributed by atoms with van der Waals surface area (Å²) in [6.45, 7) is 9.29. The number of hydrogen-bond acceptors (Lipinski definition) is 3. The minimum atomic E-state index is -0.415. The lowest BCUT2D eigenvalue weighted by Crippen LogP contribution is -2.56. The SMILES string of the molecule is CC(C)N1CCN(C(=O)C2CC2c2ccc(C(N)=O)cc2)[C@H](C)C1. The van der Waals surface area contributed by atoms with Crippen LogP contribution in [0.15, 0.2) is 24.3 Å². The molecular formula is C19H27N3O2. The first-order valence-corrected chi connectivity index (χ1v) is 8.82. The zero-order valence-corrected chi connectivity index (χ0v) is 14.7. The van der Waals surface area contributed by atoms with Crippen molar-refractivity contribution in [3.63, 3.8) is 0 Å². The van der Waals surface area contributed by atoms with Gasteiger partial charge in [0.15, 0.2) is 0 Å². The molecule has 130 valence electrons. The smallest absolute Gasteiger partial charge is 0.248 e. The lowest BCUT2D eigenvalue weighted by molar-refractivity contribution is -0.137. The molecule has 3 atom stereocenters. The Kier molecular flexibility index (Phi) is 4.63. The molecule has 2 unspecified atom stereocenters. The van der Waals surface area contributed by atoms with E-state index in [4.69, 9.17) is 5.73 Å². The molecule has 1 aliphatic carbocycles. The predicted octanol–water partition coefficient (Wildman–Crippen LogP) is 1.83. The van der Waals surface area contributed by atoms with Crippen molar-refractivity contribution in [2.75, 3.05) is 19.6 Å². The molecule has 0 aromatic heterocycles. The maximum absolute atomic E-state index is 12.8. The summed E-state index contributed by atoms with van der Waals surface area (Å²) < 4.78 is 0. The van der Waals surface area contributed by atoms with Gasteiger partial charge >= 0.3 is 0 Å². The summed E-state index contributed by atoms with van der Waals surface area (Å²) in [5, 5.41) is 0. The molecule has 3 rings (SSSR count). The molecule has 0 bridgehead atoms. The van der Waals surface area contributed by atoms with Gasteiger partial charge in [0.05, 0.1) is 0 Å². The van der Waals surface area contributed by atoms with Gasteiger partial charge < -0.3 is 10.6 Å². The number of benzene rings is 1. The fourth-order valence-electron chi connectivity index (χ4n) is 3.73. The van der Waals surface area contributed by atoms with Gasteiger partial charge in [0.25, 0.3) is 0 Å². The molecule has 5 heteroatoms. The van der Waals surface area contributed by atoms with Gasteiger partial charge in [-0.15, -0.1) is 0 Å². The van der Waals surface area contributed by atoms with Crippen molar-refractivity contribution in [1.82, 2.24) is 9.80 Å². The number of carbonyl (C=O) groups excluding carboxylic acids is 2. The van der Waals surface area contributed by atoms with E-state index in [0.717, 1.165) is 31.6 Å². The second-order valence-electron chi connectivity index (χ2n) is 7.40. The fourth-order valence-corrected chi connectivity index (χ4v) is 3.73. The average Bonchev–Trinajstić information content (AvgIpc) is 3.34. The second kappa shape index (κ2) is 6.55. The van der Waals surface area contributed by atoms with Crippen molar-refractivity contribution in [1.29, 1.82) is 0 Å². The predicted molar refractivity (Wildman–Crippen MR) is 93.7 cm³/mol. The van der Waals surface area contributed by atoms with Gasteiger partial charge in [-0.2, -0.15) is 0 Å². The molecule has 1 aromatic carbocycles. The van der Waals surface area contributed by atoms with Crippen LogP contribution in [0.1, 0.15) is 49.0 Å². The van der Waals surface area contributed by atoms with Crippen molar-refractivity contribution in [3.05, 3.63) is 35.4 Å². The molecule has 0 spiro atoms. The van der Waals surface area contributed by atoms with E-state index in [2.05, 4.69) is 30.6 Å². The van der Waals surface area contributed by atoms with Gasteiger partial charge in [-0.05, 0) is 50.8 Å². The number of piperazine rings is 1. The molecule has 2 N–H and O–H groups in total. The van der Waals surface area contributed by atoms with Crippen LogP contribution in [-0.2, 0) is 4.79 Å². The van der Waals surface area contributed by atoms with Crippen LogP contribution in [0, 0.1) is 5.92 Å². The number of rotatable bonds is 4. The normalized spacial score (nSPS) is 27.3. The van der Waals surface area contributed by atoms with Crippen LogP contribution in [0.4, 0.5) is 0 Å². The Bertz CT molecular complexity index is 626. The molecule has 0 radical (unpaired) electrons. The highest BCUT2D eigenvalue weighted by atomic mass is 16.2. The van der Waals surface area contributed by atoms with Crippen molar-refractivity contribution in [3.8, 4) is 0 Å². The lowest BCUT2D eigenvalue weighted by Gasteiger charge is -2.41. The number of carbonyl (C=O) groups is 2. The molecule has 24 heavy (non-hydrogen) atoms. The van der Waals surface area contributed by atoms with Gasteiger partial charge in [0.1, 0.15) is 0 Å². The molecule has 2 fully saturated rings. The molecule has 1 heterocycles. The van der Waals surface area contributed by atoms with E-state index < -0.39 is 5.91 Å². The standard InChI is InChI=1S/C19H27N3O2/c1-12(2)21-8-9-22(13(3)11-21)19(24)17-10-16(17)14-4-6-15(7-5-14)18(20)23/h4-7,12-13,16-17H,8-11H2,1-3H3,(H2,20,23)/t13-,16?,17?/m1/s1. The van der Waals surface area contributed by atoms with Gasteiger partial charge in [-0.3, -0.25) is 14.5 Å². The summed E-state index contributed by atoms with van der Waals surface area (Å²) in [5.74, 6) is 0.254. The third kappa shape index (κ3) is 3.31. The summed E-state index contributed by atoms with van der Waals surface area (Å²) in [5.41, 5.74) is 6.92. The Morgan fingerprint density at radius 3 is 2.38 bits per heavy atom. The zero-order chi connectivity index (χ0) is 17.4. The average molecular weight is 329 g/mol. The lowest BCUT2D eigenvalue weighted by atomic mass is 10.1. The van der Waals surface area contributed by atoms with Crippen molar-refractivity contribution < 1.29 is 9.59 Å². The maximum atomic E-state index is 12.8. The van der Waals surface area contributed by atoms with Gasteiger partial charge in [0.2, 0.25) is 11.8 Å². The Morgan fingerprint density at radius 1 is 1.17 bits per heavy atom. The van der Waals surface area contributed by atoms with Crippen LogP contribution in [0.2, 0.25) is 0 Å². The van der Waals surface area contributed by atoms with E-state index >= 15 is 0 Å². The van der Waals surface area contributed by atoms with Crippen molar-refractivity contribution in [2.24, 2.45) is 11.7 Å². The monoisotopic (exact) mass is 329 g/mol. The first kappa shape index (κ1) is 17.0. The molecule has 2 amide bonds. The van der Waals surface area contributed by atoms with E-state index in [1.54, 1.807) is 12.1 Å². The second-order valence-corrected chi connectivity index (χ2v) is 7.40. The number of amides is 2. The third-order valence-corrected chi connectivity index (χ3v) is 5.40. The topological polar surface area (TPSA) is 66.6 Å². The van der Waals surface area contributed by atoms with Crippen molar-refractivity contribution >= 4 is 11.8 Å². The minimum absolute atomic E-state index is 0.0949. The highest BCUT2D eigenvalue weighted by molar-refractivity contribution is 5.92. The molecule has 1 saturated heterocycles. The van der Waals surface area contributed by atoms with E-state index in [9.17, 15) is 9.59 Å². The van der Waals surface area contributed by atoms with E-state index in [1.807, 2.05) is 12.1 Å². The van der Waals surface area contributed by atoms with Crippen LogP contribution >= 0.6 is 0 Å². The zero-order valence-electron chi connectivity index (χ0n) is 14.7. The maximum Gasteiger partial charge on any atom is 0.248 e. The Balaban J connectivity index is 1.60. The minimum Gasteiger partial charge on any atom is -0.366 e. The van der Waals surface area contributed by atoms with Crippen LogP contribution in [-0.4, -0.2) is 53.3 Å². The number of primary amides is 1. The van der Waals surface area contributed by atoms with Crippen LogP contribution in [0.3, 0.4) is 0 Å². The highest BCUT2D eigenvalue weighted by Gasteiger charge is 2.47. The first-order valence-electron chi connectivity index (χ1n) is 8.82. The largest absolute Gasteiger partial charge is 0.366 e. The van der Waals surface area contributed by atoms with Crippen LogP contribution < -0.4 is 5.73 Å². The van der Waals surface area contributed by atoms with E-state index in [1.165, 1.54) is 0 Å². The van der Waals surface area contributed by atoms with Gasteiger partial charge in [-0.1, -0.05) is 12.1 Å². The molecular weight excluding hydrogens is 302 g/mol. The number of nitrogens with zero attached hydrogens (tertiary/aromatic N) is 2. The number of nitrogens with two attached hydrogens (primary N) is 1. The Hall–Kier alpha value is -1.88. The summed E-state index contributed by atoms with van der Waals surface area (Å²) in [6, 6.07) is 8.16.